The zero-order valence-electron chi connectivity index (χ0n) is 14.8. The molecule has 2 aromatic heterocycles. The molecule has 0 saturated carbocycles. The lowest BCUT2D eigenvalue weighted by Crippen LogP contribution is -2.21. The largest absolute Gasteiger partial charge is 0.309 e. The zero-order valence-corrected chi connectivity index (χ0v) is 14.8. The van der Waals surface area contributed by atoms with E-state index in [9.17, 15) is 4.79 Å². The molecule has 8 nitrogen and oxygen atoms in total. The normalized spacial score (nSPS) is 11.2. The first-order valence-electron chi connectivity index (χ1n) is 8.12. The predicted molar refractivity (Wildman–Crippen MR) is 95.6 cm³/mol. The van der Waals surface area contributed by atoms with Crippen molar-refractivity contribution >= 4 is 11.7 Å². The van der Waals surface area contributed by atoms with Crippen molar-refractivity contribution in [2.24, 2.45) is 0 Å². The van der Waals surface area contributed by atoms with Crippen LogP contribution < -0.4 is 5.32 Å². The molecule has 0 aliphatic carbocycles. The molecule has 1 N–H and O–H groups in total. The molecule has 26 heavy (non-hydrogen) atoms. The van der Waals surface area contributed by atoms with Crippen LogP contribution >= 0.6 is 0 Å². The summed E-state index contributed by atoms with van der Waals surface area (Å²) < 4.78 is 3.10. The molecule has 2 heterocycles. The summed E-state index contributed by atoms with van der Waals surface area (Å²) >= 11 is 0. The van der Waals surface area contributed by atoms with Crippen molar-refractivity contribution in [3.8, 4) is 11.8 Å². The third kappa shape index (κ3) is 3.62. The maximum atomic E-state index is 12.5. The molecular weight excluding hydrogens is 330 g/mol. The highest BCUT2D eigenvalue weighted by Gasteiger charge is 2.21. The molecule has 0 aliphatic heterocycles. The first kappa shape index (κ1) is 17.4. The van der Waals surface area contributed by atoms with E-state index < -0.39 is 0 Å². The van der Waals surface area contributed by atoms with Crippen molar-refractivity contribution in [3.63, 3.8) is 0 Å². The highest BCUT2D eigenvalue weighted by atomic mass is 16.2. The molecule has 0 atom stereocenters. The molecule has 3 rings (SSSR count). The van der Waals surface area contributed by atoms with Crippen molar-refractivity contribution in [1.29, 1.82) is 5.26 Å². The summed E-state index contributed by atoms with van der Waals surface area (Å²) in [5, 5.41) is 23.8. The van der Waals surface area contributed by atoms with E-state index in [-0.39, 0.29) is 23.7 Å². The van der Waals surface area contributed by atoms with Crippen LogP contribution in [0.1, 0.15) is 32.3 Å². The van der Waals surface area contributed by atoms with Gasteiger partial charge >= 0.3 is 0 Å². The van der Waals surface area contributed by atoms with Crippen LogP contribution in [-0.4, -0.2) is 30.5 Å². The van der Waals surface area contributed by atoms with E-state index in [1.165, 1.54) is 10.9 Å². The number of nitriles is 1. The van der Waals surface area contributed by atoms with E-state index in [1.807, 2.05) is 42.5 Å². The standard InChI is InChI=1S/C18H19N7O/c1-18(2,3)14-9-15(25(23-14)13-7-5-4-6-8-13)21-17(26)11-24-12-20-22-16(24)10-19/h4-9,12H,11H2,1-3H3,(H,21,26). The summed E-state index contributed by atoms with van der Waals surface area (Å²) in [6.07, 6.45) is 1.35. The molecule has 3 aromatic rings. The third-order valence-corrected chi connectivity index (χ3v) is 3.78. The molecule has 132 valence electrons. The second-order valence-electron chi connectivity index (χ2n) is 6.85. The fraction of sp³-hybridized carbons (Fsp3) is 0.278. The molecule has 0 fully saturated rings. The van der Waals surface area contributed by atoms with E-state index in [1.54, 1.807) is 4.68 Å². The van der Waals surface area contributed by atoms with Gasteiger partial charge < -0.3 is 5.32 Å². The van der Waals surface area contributed by atoms with Crippen LogP contribution in [-0.2, 0) is 16.8 Å². The summed E-state index contributed by atoms with van der Waals surface area (Å²) in [6.45, 7) is 6.13. The maximum Gasteiger partial charge on any atom is 0.245 e. The lowest BCUT2D eigenvalue weighted by molar-refractivity contribution is -0.116. The van der Waals surface area contributed by atoms with Gasteiger partial charge in [-0.25, -0.2) is 4.68 Å². The summed E-state index contributed by atoms with van der Waals surface area (Å²) in [5.41, 5.74) is 1.54. The molecule has 1 amide bonds. The molecule has 0 spiro atoms. The van der Waals surface area contributed by atoms with E-state index >= 15 is 0 Å². The highest BCUT2D eigenvalue weighted by Crippen LogP contribution is 2.26. The van der Waals surface area contributed by atoms with Crippen molar-refractivity contribution in [3.05, 3.63) is 54.2 Å². The lowest BCUT2D eigenvalue weighted by atomic mass is 9.92. The van der Waals surface area contributed by atoms with Gasteiger partial charge in [0.1, 0.15) is 24.8 Å². The number of carbonyl (C=O) groups excluding carboxylic acids is 1. The second-order valence-corrected chi connectivity index (χ2v) is 6.85. The minimum Gasteiger partial charge on any atom is -0.309 e. The van der Waals surface area contributed by atoms with Crippen LogP contribution in [0.25, 0.3) is 5.69 Å². The Hall–Kier alpha value is -3.47. The number of benzene rings is 1. The number of rotatable bonds is 4. The van der Waals surface area contributed by atoms with Gasteiger partial charge in [0.15, 0.2) is 0 Å². The number of nitrogens with zero attached hydrogens (tertiary/aromatic N) is 6. The van der Waals surface area contributed by atoms with E-state index in [0.717, 1.165) is 11.4 Å². The Morgan fingerprint density at radius 2 is 2.00 bits per heavy atom. The number of anilines is 1. The third-order valence-electron chi connectivity index (χ3n) is 3.78. The minimum atomic E-state index is -0.293. The number of hydrogen-bond acceptors (Lipinski definition) is 5. The van der Waals surface area contributed by atoms with Gasteiger partial charge in [-0.3, -0.25) is 9.36 Å². The number of amides is 1. The van der Waals surface area contributed by atoms with Gasteiger partial charge in [0.2, 0.25) is 11.7 Å². The zero-order chi connectivity index (χ0) is 18.7. The van der Waals surface area contributed by atoms with Gasteiger partial charge in [-0.1, -0.05) is 39.0 Å². The molecule has 0 unspecified atom stereocenters. The summed E-state index contributed by atoms with van der Waals surface area (Å²) in [4.78, 5) is 12.5. The highest BCUT2D eigenvalue weighted by molar-refractivity contribution is 5.90. The predicted octanol–water partition coefficient (Wildman–Crippen LogP) is 2.27. The monoisotopic (exact) mass is 349 g/mol. The van der Waals surface area contributed by atoms with E-state index in [2.05, 4.69) is 41.4 Å². The Labute approximate surface area is 151 Å². The Bertz CT molecular complexity index is 958. The Balaban J connectivity index is 1.90. The van der Waals surface area contributed by atoms with Crippen LogP contribution in [0, 0.1) is 11.3 Å². The Kier molecular flexibility index (Phi) is 4.54. The first-order chi connectivity index (χ1) is 12.4. The second kappa shape index (κ2) is 6.80. The quantitative estimate of drug-likeness (QED) is 0.778. The minimum absolute atomic E-state index is 0.0548. The first-order valence-corrected chi connectivity index (χ1v) is 8.12. The van der Waals surface area contributed by atoms with Gasteiger partial charge in [0.05, 0.1) is 11.4 Å². The number of carbonyl (C=O) groups is 1. The average molecular weight is 349 g/mol. The van der Waals surface area contributed by atoms with E-state index in [4.69, 9.17) is 5.26 Å². The number of hydrogen-bond donors (Lipinski definition) is 1. The van der Waals surface area contributed by atoms with Crippen LogP contribution in [0.15, 0.2) is 42.7 Å². The van der Waals surface area contributed by atoms with Gasteiger partial charge in [-0.2, -0.15) is 10.4 Å². The molecule has 0 saturated heterocycles. The van der Waals surface area contributed by atoms with Gasteiger partial charge in [-0.05, 0) is 12.1 Å². The Morgan fingerprint density at radius 3 is 2.65 bits per heavy atom. The number of aromatic nitrogens is 5. The number of nitrogens with one attached hydrogen (secondary N) is 1. The van der Waals surface area contributed by atoms with Crippen molar-refractivity contribution < 1.29 is 4.79 Å². The molecular formula is C18H19N7O. The van der Waals surface area contributed by atoms with Gasteiger partial charge in [-0.15, -0.1) is 10.2 Å². The fourth-order valence-corrected chi connectivity index (χ4v) is 2.40. The smallest absolute Gasteiger partial charge is 0.245 e. The molecule has 0 radical (unpaired) electrons. The van der Waals surface area contributed by atoms with Crippen LogP contribution in [0.3, 0.4) is 0 Å². The number of para-hydroxylation sites is 1. The molecule has 0 bridgehead atoms. The van der Waals surface area contributed by atoms with Crippen LogP contribution in [0.4, 0.5) is 5.82 Å². The summed E-state index contributed by atoms with van der Waals surface area (Å²) in [6, 6.07) is 13.3. The molecule has 0 aliphatic rings. The molecule has 8 heteroatoms. The molecule has 1 aromatic carbocycles. The van der Waals surface area contributed by atoms with Crippen LogP contribution in [0.5, 0.6) is 0 Å². The summed E-state index contributed by atoms with van der Waals surface area (Å²) in [5.74, 6) is 0.364. The van der Waals surface area contributed by atoms with Crippen molar-refractivity contribution in [1.82, 2.24) is 24.5 Å². The van der Waals surface area contributed by atoms with Gasteiger partial charge in [0.25, 0.3) is 0 Å². The Morgan fingerprint density at radius 1 is 1.27 bits per heavy atom. The fourth-order valence-electron chi connectivity index (χ4n) is 2.40. The van der Waals surface area contributed by atoms with Gasteiger partial charge in [0, 0.05) is 11.5 Å². The SMILES string of the molecule is CC(C)(C)c1cc(NC(=O)Cn2cnnc2C#N)n(-c2ccccc2)n1. The van der Waals surface area contributed by atoms with E-state index in [0.29, 0.717) is 5.82 Å². The average Bonchev–Trinajstić information content (AvgIpc) is 3.22. The maximum absolute atomic E-state index is 12.5. The topological polar surface area (TPSA) is 101 Å². The van der Waals surface area contributed by atoms with Crippen molar-refractivity contribution in [2.75, 3.05) is 5.32 Å². The van der Waals surface area contributed by atoms with Crippen molar-refractivity contribution in [2.45, 2.75) is 32.7 Å². The van der Waals surface area contributed by atoms with Crippen LogP contribution in [0.2, 0.25) is 0 Å². The lowest BCUT2D eigenvalue weighted by Gasteiger charge is -2.14. The summed E-state index contributed by atoms with van der Waals surface area (Å²) in [7, 11) is 0.